The Hall–Kier alpha value is -3.48. The zero-order valence-corrected chi connectivity index (χ0v) is 14.8. The third-order valence-electron chi connectivity index (χ3n) is 4.40. The van der Waals surface area contributed by atoms with Crippen molar-refractivity contribution >= 4 is 35.0 Å². The SMILES string of the molecule is Cc1ccc([N+](=O)[O-])cc1NC(=O)/C=C/c1ccc(N2CCCC2=O)cc1. The van der Waals surface area contributed by atoms with Gasteiger partial charge in [0.2, 0.25) is 11.8 Å². The van der Waals surface area contributed by atoms with Crippen molar-refractivity contribution in [3.05, 3.63) is 69.8 Å². The van der Waals surface area contributed by atoms with Crippen LogP contribution in [0.3, 0.4) is 0 Å². The maximum Gasteiger partial charge on any atom is 0.271 e. The van der Waals surface area contributed by atoms with Crippen molar-refractivity contribution in [2.45, 2.75) is 19.8 Å². The molecule has 1 N–H and O–H groups in total. The number of nitrogens with one attached hydrogen (secondary N) is 1. The summed E-state index contributed by atoms with van der Waals surface area (Å²) in [5.41, 5.74) is 2.73. The average Bonchev–Trinajstić information content (AvgIpc) is 3.08. The Labute approximate surface area is 156 Å². The zero-order valence-electron chi connectivity index (χ0n) is 14.8. The first-order valence-electron chi connectivity index (χ1n) is 8.58. The van der Waals surface area contributed by atoms with Gasteiger partial charge in [-0.3, -0.25) is 19.7 Å². The highest BCUT2D eigenvalue weighted by Gasteiger charge is 2.21. The first-order chi connectivity index (χ1) is 12.9. The van der Waals surface area contributed by atoms with Crippen LogP contribution in [0.25, 0.3) is 6.08 Å². The Bertz CT molecular complexity index is 919. The predicted octanol–water partition coefficient (Wildman–Crippen LogP) is 3.68. The van der Waals surface area contributed by atoms with Crippen LogP contribution < -0.4 is 10.2 Å². The molecule has 1 heterocycles. The molecule has 7 heteroatoms. The summed E-state index contributed by atoms with van der Waals surface area (Å²) in [4.78, 5) is 36.0. The van der Waals surface area contributed by atoms with E-state index in [1.807, 2.05) is 24.3 Å². The van der Waals surface area contributed by atoms with E-state index in [9.17, 15) is 19.7 Å². The van der Waals surface area contributed by atoms with Gasteiger partial charge in [-0.15, -0.1) is 0 Å². The molecule has 0 unspecified atom stereocenters. The number of carbonyl (C=O) groups is 2. The molecule has 2 aromatic carbocycles. The van der Waals surface area contributed by atoms with Crippen LogP contribution in [0.4, 0.5) is 17.1 Å². The summed E-state index contributed by atoms with van der Waals surface area (Å²) in [6.07, 6.45) is 4.47. The van der Waals surface area contributed by atoms with E-state index in [0.29, 0.717) is 12.1 Å². The van der Waals surface area contributed by atoms with Crippen LogP contribution >= 0.6 is 0 Å². The number of hydrogen-bond donors (Lipinski definition) is 1. The molecule has 2 aromatic rings. The maximum atomic E-state index is 12.1. The number of hydrogen-bond acceptors (Lipinski definition) is 4. The predicted molar refractivity (Wildman–Crippen MR) is 104 cm³/mol. The lowest BCUT2D eigenvalue weighted by atomic mass is 10.1. The number of carbonyl (C=O) groups excluding carboxylic acids is 2. The summed E-state index contributed by atoms with van der Waals surface area (Å²) in [5.74, 6) is -0.248. The molecule has 2 amide bonds. The molecule has 1 aliphatic rings. The van der Waals surface area contributed by atoms with Crippen molar-refractivity contribution in [2.75, 3.05) is 16.8 Å². The van der Waals surface area contributed by atoms with Gasteiger partial charge in [0.25, 0.3) is 5.69 Å². The summed E-state index contributed by atoms with van der Waals surface area (Å²) >= 11 is 0. The fraction of sp³-hybridized carbons (Fsp3) is 0.200. The van der Waals surface area contributed by atoms with Gasteiger partial charge in [-0.1, -0.05) is 18.2 Å². The van der Waals surface area contributed by atoms with Crippen molar-refractivity contribution in [3.63, 3.8) is 0 Å². The summed E-state index contributed by atoms with van der Waals surface area (Å²) in [6, 6.07) is 11.7. The number of nitro benzene ring substituents is 1. The zero-order chi connectivity index (χ0) is 19.4. The highest BCUT2D eigenvalue weighted by molar-refractivity contribution is 6.02. The minimum Gasteiger partial charge on any atom is -0.322 e. The lowest BCUT2D eigenvalue weighted by molar-refractivity contribution is -0.384. The Balaban J connectivity index is 1.66. The monoisotopic (exact) mass is 365 g/mol. The molecule has 27 heavy (non-hydrogen) atoms. The van der Waals surface area contributed by atoms with Crippen molar-refractivity contribution in [1.82, 2.24) is 0 Å². The van der Waals surface area contributed by atoms with Crippen molar-refractivity contribution in [3.8, 4) is 0 Å². The second-order valence-electron chi connectivity index (χ2n) is 6.32. The lowest BCUT2D eigenvalue weighted by Crippen LogP contribution is -2.23. The molecule has 0 saturated carbocycles. The van der Waals surface area contributed by atoms with E-state index < -0.39 is 4.92 Å². The quantitative estimate of drug-likeness (QED) is 0.497. The number of nitro groups is 1. The molecule has 138 valence electrons. The van der Waals surface area contributed by atoms with Crippen molar-refractivity contribution in [2.24, 2.45) is 0 Å². The van der Waals surface area contributed by atoms with E-state index in [2.05, 4.69) is 5.32 Å². The van der Waals surface area contributed by atoms with E-state index >= 15 is 0 Å². The third kappa shape index (κ3) is 4.38. The first-order valence-corrected chi connectivity index (χ1v) is 8.58. The molecule has 1 fully saturated rings. The number of nitrogens with zero attached hydrogens (tertiary/aromatic N) is 2. The summed E-state index contributed by atoms with van der Waals surface area (Å²) in [6.45, 7) is 2.50. The number of anilines is 2. The second kappa shape index (κ2) is 7.82. The van der Waals surface area contributed by atoms with Gasteiger partial charge in [0.05, 0.1) is 10.6 Å². The molecule has 0 bridgehead atoms. The second-order valence-corrected chi connectivity index (χ2v) is 6.32. The van der Waals surface area contributed by atoms with Gasteiger partial charge in [-0.25, -0.2) is 0 Å². The molecule has 3 rings (SSSR count). The average molecular weight is 365 g/mol. The normalized spacial score (nSPS) is 14.0. The van der Waals surface area contributed by atoms with Crippen LogP contribution in [-0.4, -0.2) is 23.3 Å². The Kier molecular flexibility index (Phi) is 5.30. The van der Waals surface area contributed by atoms with E-state index in [1.165, 1.54) is 18.2 Å². The highest BCUT2D eigenvalue weighted by atomic mass is 16.6. The Morgan fingerprint density at radius 2 is 1.96 bits per heavy atom. The highest BCUT2D eigenvalue weighted by Crippen LogP contribution is 2.23. The van der Waals surface area contributed by atoms with Crippen LogP contribution in [0, 0.1) is 17.0 Å². The number of rotatable bonds is 5. The fourth-order valence-electron chi connectivity index (χ4n) is 2.89. The van der Waals surface area contributed by atoms with Crippen LogP contribution in [0.2, 0.25) is 0 Å². The molecule has 0 aromatic heterocycles. The largest absolute Gasteiger partial charge is 0.322 e. The number of amides is 2. The van der Waals surface area contributed by atoms with Gasteiger partial charge >= 0.3 is 0 Å². The number of benzene rings is 2. The van der Waals surface area contributed by atoms with Gasteiger partial charge in [0.1, 0.15) is 0 Å². The topological polar surface area (TPSA) is 92.6 Å². The van der Waals surface area contributed by atoms with E-state index in [-0.39, 0.29) is 17.5 Å². The molecule has 0 spiro atoms. The van der Waals surface area contributed by atoms with Gasteiger partial charge in [0, 0.05) is 36.9 Å². The minimum atomic E-state index is -0.502. The molecule has 0 atom stereocenters. The number of aryl methyl sites for hydroxylation is 1. The Morgan fingerprint density at radius 3 is 2.59 bits per heavy atom. The molecular weight excluding hydrogens is 346 g/mol. The standard InChI is InChI=1S/C20H19N3O4/c1-14-4-8-17(23(26)27)13-18(14)21-19(24)11-7-15-5-9-16(10-6-15)22-12-2-3-20(22)25/h4-11,13H,2-3,12H2,1H3,(H,21,24)/b11-7+. The fourth-order valence-corrected chi connectivity index (χ4v) is 2.89. The molecule has 0 radical (unpaired) electrons. The molecule has 1 saturated heterocycles. The van der Waals surface area contributed by atoms with Gasteiger partial charge in [-0.05, 0) is 42.7 Å². The summed E-state index contributed by atoms with van der Waals surface area (Å²) in [7, 11) is 0. The maximum absolute atomic E-state index is 12.1. The molecular formula is C20H19N3O4. The smallest absolute Gasteiger partial charge is 0.271 e. The van der Waals surface area contributed by atoms with Crippen LogP contribution in [0.15, 0.2) is 48.5 Å². The molecule has 1 aliphatic heterocycles. The molecule has 0 aliphatic carbocycles. The van der Waals surface area contributed by atoms with Gasteiger partial charge < -0.3 is 10.2 Å². The third-order valence-corrected chi connectivity index (χ3v) is 4.40. The van der Waals surface area contributed by atoms with Crippen molar-refractivity contribution in [1.29, 1.82) is 0 Å². The van der Waals surface area contributed by atoms with E-state index in [1.54, 1.807) is 24.0 Å². The Morgan fingerprint density at radius 1 is 1.22 bits per heavy atom. The number of non-ortho nitro benzene ring substituents is 1. The minimum absolute atomic E-state index is 0.0769. The first kappa shape index (κ1) is 18.3. The van der Waals surface area contributed by atoms with Crippen LogP contribution in [0.5, 0.6) is 0 Å². The lowest BCUT2D eigenvalue weighted by Gasteiger charge is -2.15. The van der Waals surface area contributed by atoms with Crippen LogP contribution in [0.1, 0.15) is 24.0 Å². The van der Waals surface area contributed by atoms with Gasteiger partial charge in [0.15, 0.2) is 0 Å². The van der Waals surface area contributed by atoms with Crippen molar-refractivity contribution < 1.29 is 14.5 Å². The molecule has 7 nitrogen and oxygen atoms in total. The summed E-state index contributed by atoms with van der Waals surface area (Å²) < 4.78 is 0. The van der Waals surface area contributed by atoms with E-state index in [0.717, 1.165) is 29.8 Å². The van der Waals surface area contributed by atoms with Crippen LogP contribution in [-0.2, 0) is 9.59 Å². The summed E-state index contributed by atoms with van der Waals surface area (Å²) in [5, 5.41) is 13.5. The van der Waals surface area contributed by atoms with Gasteiger partial charge in [-0.2, -0.15) is 0 Å². The van der Waals surface area contributed by atoms with E-state index in [4.69, 9.17) is 0 Å².